The van der Waals surface area contributed by atoms with E-state index in [1.54, 1.807) is 19.1 Å². The molecule has 2 heterocycles. The van der Waals surface area contributed by atoms with Crippen LogP contribution in [0.3, 0.4) is 0 Å². The van der Waals surface area contributed by atoms with E-state index >= 15 is 0 Å². The van der Waals surface area contributed by atoms with Crippen molar-refractivity contribution in [3.63, 3.8) is 0 Å². The number of hydrogen-bond donors (Lipinski definition) is 2. The molecule has 2 unspecified atom stereocenters. The number of nitrogens with one attached hydrogen (secondary N) is 1. The Morgan fingerprint density at radius 1 is 0.761 bits per heavy atom. The van der Waals surface area contributed by atoms with Crippen molar-refractivity contribution in [2.24, 2.45) is 0 Å². The Balaban J connectivity index is 1.71. The van der Waals surface area contributed by atoms with Gasteiger partial charge in [-0.25, -0.2) is 13.9 Å². The first-order valence-electron chi connectivity index (χ1n) is 17.3. The van der Waals surface area contributed by atoms with E-state index in [1.807, 2.05) is 6.92 Å². The zero-order chi connectivity index (χ0) is 33.7. The zero-order valence-electron chi connectivity index (χ0n) is 28.2. The van der Waals surface area contributed by atoms with Crippen LogP contribution < -0.4 is 11.2 Å². The molecule has 46 heavy (non-hydrogen) atoms. The maximum atomic E-state index is 13.4. The highest BCUT2D eigenvalue weighted by atomic mass is 31.3. The minimum absolute atomic E-state index is 0.0146. The van der Waals surface area contributed by atoms with E-state index in [0.29, 0.717) is 18.4 Å². The SMILES string of the molecule is CCCCCCCCCCCCCCCCCCOP(=O)(OC[C@@H]1C=C[C@H](n2cc(C)c(=O)[nH]c2=O)O1)OP(=O)(O)OCCCC. The Hall–Kier alpha value is -1.36. The molecule has 2 N–H and O–H groups in total. The Bertz CT molecular complexity index is 1220. The second kappa shape index (κ2) is 23.1. The van der Waals surface area contributed by atoms with E-state index in [4.69, 9.17) is 22.6 Å². The molecule has 1 aliphatic heterocycles. The molecule has 0 saturated carbocycles. The van der Waals surface area contributed by atoms with Gasteiger partial charge in [0.15, 0.2) is 6.23 Å². The predicted molar refractivity (Wildman–Crippen MR) is 180 cm³/mol. The number of unbranched alkanes of at least 4 members (excludes halogenated alkanes) is 16. The van der Waals surface area contributed by atoms with E-state index in [1.165, 1.54) is 87.8 Å². The molecule has 1 aliphatic rings. The minimum Gasteiger partial charge on any atom is -0.344 e. The van der Waals surface area contributed by atoms with Gasteiger partial charge in [-0.05, 0) is 25.8 Å². The first kappa shape index (κ1) is 40.8. The van der Waals surface area contributed by atoms with Gasteiger partial charge in [-0.3, -0.25) is 27.9 Å². The monoisotopic (exact) mass is 692 g/mol. The molecule has 0 amide bonds. The number of aryl methyl sites for hydroxylation is 1. The van der Waals surface area contributed by atoms with Crippen LogP contribution in [-0.2, 0) is 31.7 Å². The van der Waals surface area contributed by atoms with Crippen LogP contribution in [0.1, 0.15) is 141 Å². The summed E-state index contributed by atoms with van der Waals surface area (Å²) >= 11 is 0. The maximum absolute atomic E-state index is 13.4. The molecule has 0 radical (unpaired) electrons. The minimum atomic E-state index is -4.73. The van der Waals surface area contributed by atoms with Gasteiger partial charge in [0.1, 0.15) is 6.10 Å². The summed E-state index contributed by atoms with van der Waals surface area (Å²) in [5.41, 5.74) is -0.802. The number of phosphoric ester groups is 2. The van der Waals surface area contributed by atoms with Gasteiger partial charge in [0.2, 0.25) is 0 Å². The fourth-order valence-corrected chi connectivity index (χ4v) is 7.76. The van der Waals surface area contributed by atoms with Gasteiger partial charge < -0.3 is 9.63 Å². The average Bonchev–Trinajstić information content (AvgIpc) is 3.48. The molecule has 4 atom stereocenters. The molecule has 1 aromatic rings. The van der Waals surface area contributed by atoms with Crippen LogP contribution in [0.2, 0.25) is 0 Å². The predicted octanol–water partition coefficient (Wildman–Crippen LogP) is 8.64. The molecule has 0 fully saturated rings. The number of rotatable bonds is 28. The fourth-order valence-electron chi connectivity index (χ4n) is 5.07. The van der Waals surface area contributed by atoms with Gasteiger partial charge in [0, 0.05) is 11.8 Å². The van der Waals surface area contributed by atoms with Crippen molar-refractivity contribution in [3.05, 3.63) is 44.8 Å². The molecule has 14 heteroatoms. The molecule has 0 aliphatic carbocycles. The third-order valence-corrected chi connectivity index (χ3v) is 10.9. The van der Waals surface area contributed by atoms with Crippen LogP contribution in [0.4, 0.5) is 0 Å². The summed E-state index contributed by atoms with van der Waals surface area (Å²) in [7, 11) is -9.24. The van der Waals surface area contributed by atoms with Gasteiger partial charge in [-0.15, -0.1) is 0 Å². The summed E-state index contributed by atoms with van der Waals surface area (Å²) < 4.78 is 53.6. The zero-order valence-corrected chi connectivity index (χ0v) is 30.0. The molecule has 0 bridgehead atoms. The third kappa shape index (κ3) is 17.2. The number of hydrogen-bond acceptors (Lipinski definition) is 9. The van der Waals surface area contributed by atoms with Crippen molar-refractivity contribution in [3.8, 4) is 0 Å². The third-order valence-electron chi connectivity index (χ3n) is 7.82. The normalized spacial score (nSPS) is 19.0. The largest absolute Gasteiger partial charge is 0.483 e. The average molecular weight is 693 g/mol. The lowest BCUT2D eigenvalue weighted by Crippen LogP contribution is -2.33. The van der Waals surface area contributed by atoms with Crippen LogP contribution >= 0.6 is 15.6 Å². The topological polar surface area (TPSA) is 155 Å². The fraction of sp³-hybridized carbons (Fsp3) is 0.812. The molecular formula is C32H58N2O10P2. The molecular weight excluding hydrogens is 634 g/mol. The van der Waals surface area contributed by atoms with Gasteiger partial charge >= 0.3 is 21.3 Å². The number of aromatic nitrogens is 2. The summed E-state index contributed by atoms with van der Waals surface area (Å²) in [4.78, 5) is 36.3. The highest BCUT2D eigenvalue weighted by Crippen LogP contribution is 2.63. The summed E-state index contributed by atoms with van der Waals surface area (Å²) in [6.07, 6.45) is 23.6. The molecule has 1 aromatic heterocycles. The second-order valence-electron chi connectivity index (χ2n) is 12.0. The first-order chi connectivity index (χ1) is 22.1. The van der Waals surface area contributed by atoms with Crippen molar-refractivity contribution in [1.29, 1.82) is 0 Å². The van der Waals surface area contributed by atoms with Crippen molar-refractivity contribution >= 4 is 15.6 Å². The molecule has 0 saturated heterocycles. The summed E-state index contributed by atoms with van der Waals surface area (Å²) in [5, 5.41) is 0. The van der Waals surface area contributed by atoms with Crippen molar-refractivity contribution in [2.45, 2.75) is 149 Å². The van der Waals surface area contributed by atoms with Crippen molar-refractivity contribution in [1.82, 2.24) is 9.55 Å². The Labute approximate surface area is 274 Å². The van der Waals surface area contributed by atoms with Gasteiger partial charge in [-0.1, -0.05) is 123 Å². The number of aromatic amines is 1. The van der Waals surface area contributed by atoms with Gasteiger partial charge in [-0.2, -0.15) is 4.31 Å². The Kier molecular flexibility index (Phi) is 20.5. The first-order valence-corrected chi connectivity index (χ1v) is 20.3. The van der Waals surface area contributed by atoms with Crippen LogP contribution in [-0.4, -0.2) is 40.4 Å². The summed E-state index contributed by atoms with van der Waals surface area (Å²) in [6, 6.07) is 0. The number of nitrogens with zero attached hydrogens (tertiary/aromatic N) is 1. The summed E-state index contributed by atoms with van der Waals surface area (Å²) in [5.74, 6) is 0. The standard InChI is InChI=1S/C32H58N2O10P2/c1-4-6-8-9-10-11-12-13-14-15-16-17-18-19-20-21-25-41-46(39,44-45(37,38)40-24-7-5-2)42-27-29-22-23-30(43-29)34-26-28(3)31(35)33-32(34)36/h22-23,26,29-30H,4-21,24-25,27H2,1-3H3,(H,37,38)(H,33,35,36)/t29-,30+,46?/m0/s1. The molecule has 0 spiro atoms. The molecule has 0 aromatic carbocycles. The Morgan fingerprint density at radius 3 is 1.85 bits per heavy atom. The smallest absolute Gasteiger partial charge is 0.344 e. The molecule has 266 valence electrons. The maximum Gasteiger partial charge on any atom is 0.483 e. The second-order valence-corrected chi connectivity index (χ2v) is 15.3. The quantitative estimate of drug-likeness (QED) is 0.0495. The van der Waals surface area contributed by atoms with E-state index < -0.39 is 39.2 Å². The number of phosphoric acid groups is 2. The Morgan fingerprint density at radius 2 is 1.28 bits per heavy atom. The summed E-state index contributed by atoms with van der Waals surface area (Å²) in [6.45, 7) is 5.34. The van der Waals surface area contributed by atoms with E-state index in [9.17, 15) is 23.6 Å². The van der Waals surface area contributed by atoms with E-state index in [-0.39, 0.29) is 19.8 Å². The number of ether oxygens (including phenoxy) is 1. The van der Waals surface area contributed by atoms with Crippen LogP contribution in [0.5, 0.6) is 0 Å². The van der Waals surface area contributed by atoms with Crippen LogP contribution in [0.25, 0.3) is 0 Å². The molecule has 12 nitrogen and oxygen atoms in total. The highest BCUT2D eigenvalue weighted by molar-refractivity contribution is 7.61. The number of H-pyrrole nitrogens is 1. The lowest BCUT2D eigenvalue weighted by atomic mass is 10.0. The van der Waals surface area contributed by atoms with E-state index in [0.717, 1.165) is 25.7 Å². The van der Waals surface area contributed by atoms with E-state index in [2.05, 4.69) is 11.9 Å². The lowest BCUT2D eigenvalue weighted by Gasteiger charge is -2.22. The van der Waals surface area contributed by atoms with Crippen LogP contribution in [0.15, 0.2) is 27.9 Å². The van der Waals surface area contributed by atoms with Gasteiger partial charge in [0.05, 0.1) is 19.8 Å². The molecule has 2 rings (SSSR count). The lowest BCUT2D eigenvalue weighted by molar-refractivity contribution is -0.0127. The van der Waals surface area contributed by atoms with Gasteiger partial charge in [0.25, 0.3) is 5.56 Å². The van der Waals surface area contributed by atoms with Crippen molar-refractivity contribution in [2.75, 3.05) is 19.8 Å². The van der Waals surface area contributed by atoms with Crippen molar-refractivity contribution < 1.29 is 36.6 Å². The highest BCUT2D eigenvalue weighted by Gasteiger charge is 2.39. The van der Waals surface area contributed by atoms with Crippen LogP contribution in [0, 0.1) is 6.92 Å².